The predicted octanol–water partition coefficient (Wildman–Crippen LogP) is 1.47. The van der Waals surface area contributed by atoms with Gasteiger partial charge in [-0.1, -0.05) is 13.8 Å². The number of fused-ring (bicyclic) bond motifs is 1. The zero-order valence-electron chi connectivity index (χ0n) is 11.6. The third-order valence-electron chi connectivity index (χ3n) is 3.18. The summed E-state index contributed by atoms with van der Waals surface area (Å²) in [5.41, 5.74) is 6.19. The van der Waals surface area contributed by atoms with E-state index in [0.717, 1.165) is 0 Å². The van der Waals surface area contributed by atoms with Gasteiger partial charge in [0.1, 0.15) is 0 Å². The Balaban J connectivity index is 2.11. The van der Waals surface area contributed by atoms with Gasteiger partial charge in [-0.25, -0.2) is 0 Å². The molecule has 1 aliphatic rings. The van der Waals surface area contributed by atoms with Crippen LogP contribution in [0.15, 0.2) is 18.2 Å². The third-order valence-corrected chi connectivity index (χ3v) is 3.18. The molecule has 0 unspecified atom stereocenters. The van der Waals surface area contributed by atoms with Crippen molar-refractivity contribution < 1.29 is 14.3 Å². The van der Waals surface area contributed by atoms with Crippen molar-refractivity contribution in [1.29, 1.82) is 0 Å². The molecule has 5 nitrogen and oxygen atoms in total. The van der Waals surface area contributed by atoms with Gasteiger partial charge in [-0.2, -0.15) is 0 Å². The third kappa shape index (κ3) is 2.98. The van der Waals surface area contributed by atoms with Crippen LogP contribution < -0.4 is 15.2 Å². The largest absolute Gasteiger partial charge is 0.454 e. The van der Waals surface area contributed by atoms with E-state index >= 15 is 0 Å². The first-order chi connectivity index (χ1) is 8.93. The van der Waals surface area contributed by atoms with Crippen LogP contribution in [0.2, 0.25) is 0 Å². The number of hydrogen-bond acceptors (Lipinski definition) is 4. The Morgan fingerprint density at radius 1 is 1.37 bits per heavy atom. The molecule has 2 N–H and O–H groups in total. The van der Waals surface area contributed by atoms with Crippen LogP contribution in [0, 0.1) is 5.41 Å². The van der Waals surface area contributed by atoms with Crippen LogP contribution in [-0.4, -0.2) is 37.7 Å². The first-order valence-electron chi connectivity index (χ1n) is 6.28. The maximum Gasteiger partial charge on any atom is 0.253 e. The van der Waals surface area contributed by atoms with Crippen LogP contribution in [-0.2, 0) is 0 Å². The maximum atomic E-state index is 12.3. The molecule has 0 atom stereocenters. The number of carbonyl (C=O) groups excluding carboxylic acids is 1. The van der Waals surface area contributed by atoms with Crippen molar-refractivity contribution in [3.8, 4) is 11.5 Å². The van der Waals surface area contributed by atoms with Crippen molar-refractivity contribution in [2.24, 2.45) is 11.1 Å². The number of rotatable bonds is 4. The van der Waals surface area contributed by atoms with E-state index in [1.165, 1.54) is 0 Å². The number of ether oxygens (including phenoxy) is 2. The molecule has 0 aromatic heterocycles. The standard InChI is InChI=1S/C14H20N2O3/c1-14(2,7-15)8-16(3)13(17)10-4-5-11-12(6-10)19-9-18-11/h4-6H,7-9,15H2,1-3H3. The average molecular weight is 264 g/mol. The molecule has 0 radical (unpaired) electrons. The molecule has 19 heavy (non-hydrogen) atoms. The van der Waals surface area contributed by atoms with Gasteiger partial charge < -0.3 is 20.1 Å². The van der Waals surface area contributed by atoms with Crippen LogP contribution in [0.25, 0.3) is 0 Å². The molecule has 1 aromatic carbocycles. The zero-order chi connectivity index (χ0) is 14.0. The van der Waals surface area contributed by atoms with E-state index in [-0.39, 0.29) is 18.1 Å². The summed E-state index contributed by atoms with van der Waals surface area (Å²) in [6, 6.07) is 5.23. The molecule has 0 saturated carbocycles. The molecule has 0 spiro atoms. The van der Waals surface area contributed by atoms with Gasteiger partial charge in [-0.15, -0.1) is 0 Å². The summed E-state index contributed by atoms with van der Waals surface area (Å²) in [6.45, 7) is 5.43. The number of nitrogens with zero attached hydrogens (tertiary/aromatic N) is 1. The Morgan fingerprint density at radius 2 is 2.05 bits per heavy atom. The maximum absolute atomic E-state index is 12.3. The monoisotopic (exact) mass is 264 g/mol. The van der Waals surface area contributed by atoms with Crippen molar-refractivity contribution in [2.75, 3.05) is 26.9 Å². The van der Waals surface area contributed by atoms with E-state index in [2.05, 4.69) is 0 Å². The molecule has 1 heterocycles. The van der Waals surface area contributed by atoms with E-state index in [1.807, 2.05) is 13.8 Å². The molecule has 5 heteroatoms. The topological polar surface area (TPSA) is 64.8 Å². The Labute approximate surface area is 113 Å². The number of amides is 1. The van der Waals surface area contributed by atoms with Gasteiger partial charge in [0, 0.05) is 19.2 Å². The molecule has 104 valence electrons. The van der Waals surface area contributed by atoms with E-state index in [4.69, 9.17) is 15.2 Å². The SMILES string of the molecule is CN(CC(C)(C)CN)C(=O)c1ccc2c(c1)OCO2. The van der Waals surface area contributed by atoms with Crippen molar-refractivity contribution >= 4 is 5.91 Å². The van der Waals surface area contributed by atoms with Gasteiger partial charge in [0.05, 0.1) is 0 Å². The minimum atomic E-state index is -0.0965. The highest BCUT2D eigenvalue weighted by Gasteiger charge is 2.23. The lowest BCUT2D eigenvalue weighted by atomic mass is 9.93. The summed E-state index contributed by atoms with van der Waals surface area (Å²) in [5, 5.41) is 0. The fourth-order valence-corrected chi connectivity index (χ4v) is 2.03. The molecular weight excluding hydrogens is 244 g/mol. The lowest BCUT2D eigenvalue weighted by Crippen LogP contribution is -2.39. The summed E-state index contributed by atoms with van der Waals surface area (Å²) >= 11 is 0. The molecule has 1 aromatic rings. The highest BCUT2D eigenvalue weighted by Crippen LogP contribution is 2.32. The zero-order valence-corrected chi connectivity index (χ0v) is 11.6. The smallest absolute Gasteiger partial charge is 0.253 e. The van der Waals surface area contributed by atoms with Crippen LogP contribution in [0.1, 0.15) is 24.2 Å². The van der Waals surface area contributed by atoms with Crippen molar-refractivity contribution in [1.82, 2.24) is 4.90 Å². The lowest BCUT2D eigenvalue weighted by molar-refractivity contribution is 0.0740. The molecule has 0 aliphatic carbocycles. The van der Waals surface area contributed by atoms with Crippen molar-refractivity contribution in [3.05, 3.63) is 23.8 Å². The molecule has 0 fully saturated rings. The minimum absolute atomic E-state index is 0.0418. The van der Waals surface area contributed by atoms with Crippen LogP contribution in [0.5, 0.6) is 11.5 Å². The van der Waals surface area contributed by atoms with E-state index in [0.29, 0.717) is 30.2 Å². The summed E-state index contributed by atoms with van der Waals surface area (Å²) in [7, 11) is 1.78. The quantitative estimate of drug-likeness (QED) is 0.894. The molecule has 0 bridgehead atoms. The highest BCUT2D eigenvalue weighted by atomic mass is 16.7. The highest BCUT2D eigenvalue weighted by molar-refractivity contribution is 5.94. The lowest BCUT2D eigenvalue weighted by Gasteiger charge is -2.29. The average Bonchev–Trinajstić information content (AvgIpc) is 2.84. The van der Waals surface area contributed by atoms with Gasteiger partial charge >= 0.3 is 0 Å². The summed E-state index contributed by atoms with van der Waals surface area (Å²) < 4.78 is 10.5. The summed E-state index contributed by atoms with van der Waals surface area (Å²) in [6.07, 6.45) is 0. The Bertz CT molecular complexity index is 486. The number of benzene rings is 1. The Morgan fingerprint density at radius 3 is 2.74 bits per heavy atom. The molecule has 1 amide bonds. The van der Waals surface area contributed by atoms with E-state index in [1.54, 1.807) is 30.1 Å². The minimum Gasteiger partial charge on any atom is -0.454 e. The first kappa shape index (κ1) is 13.7. The normalized spacial score (nSPS) is 13.5. The van der Waals surface area contributed by atoms with Crippen molar-refractivity contribution in [3.63, 3.8) is 0 Å². The molecular formula is C14H20N2O3. The van der Waals surface area contributed by atoms with E-state index in [9.17, 15) is 4.79 Å². The fraction of sp³-hybridized carbons (Fsp3) is 0.500. The predicted molar refractivity (Wildman–Crippen MR) is 72.4 cm³/mol. The van der Waals surface area contributed by atoms with Gasteiger partial charge in [-0.05, 0) is 30.2 Å². The number of hydrogen-bond donors (Lipinski definition) is 1. The number of carbonyl (C=O) groups is 1. The van der Waals surface area contributed by atoms with Crippen LogP contribution in [0.4, 0.5) is 0 Å². The van der Waals surface area contributed by atoms with Crippen molar-refractivity contribution in [2.45, 2.75) is 13.8 Å². The second kappa shape index (κ2) is 5.09. The Kier molecular flexibility index (Phi) is 3.66. The Hall–Kier alpha value is -1.75. The van der Waals surface area contributed by atoms with Crippen LogP contribution >= 0.6 is 0 Å². The summed E-state index contributed by atoms with van der Waals surface area (Å²) in [4.78, 5) is 14.0. The van der Waals surface area contributed by atoms with Gasteiger partial charge in [-0.3, -0.25) is 4.79 Å². The summed E-state index contributed by atoms with van der Waals surface area (Å²) in [5.74, 6) is 1.26. The second-order valence-corrected chi connectivity index (χ2v) is 5.60. The first-order valence-corrected chi connectivity index (χ1v) is 6.28. The van der Waals surface area contributed by atoms with Gasteiger partial charge in [0.25, 0.3) is 5.91 Å². The second-order valence-electron chi connectivity index (χ2n) is 5.60. The van der Waals surface area contributed by atoms with Gasteiger partial charge in [0.2, 0.25) is 6.79 Å². The molecule has 1 aliphatic heterocycles. The fourth-order valence-electron chi connectivity index (χ4n) is 2.03. The van der Waals surface area contributed by atoms with Gasteiger partial charge in [0.15, 0.2) is 11.5 Å². The molecule has 2 rings (SSSR count). The van der Waals surface area contributed by atoms with Crippen LogP contribution in [0.3, 0.4) is 0 Å². The molecule has 0 saturated heterocycles. The number of nitrogens with two attached hydrogens (primary N) is 1. The van der Waals surface area contributed by atoms with E-state index < -0.39 is 0 Å².